The Morgan fingerprint density at radius 1 is 1.35 bits per heavy atom. The van der Waals surface area contributed by atoms with E-state index in [0.29, 0.717) is 12.3 Å². The fraction of sp³-hybridized carbons (Fsp3) is 0.875. The molecule has 0 aromatic heterocycles. The highest BCUT2D eigenvalue weighted by atomic mass is 127. The molecule has 2 fully saturated rings. The van der Waals surface area contributed by atoms with Crippen LogP contribution in [-0.4, -0.2) is 56.7 Å². The maximum Gasteiger partial charge on any atom is 0.217 e. The summed E-state index contributed by atoms with van der Waals surface area (Å²) in [5.41, 5.74) is 5.31. The molecule has 0 radical (unpaired) electrons. The quantitative estimate of drug-likeness (QED) is 0.261. The summed E-state index contributed by atoms with van der Waals surface area (Å²) in [5.74, 6) is 1.90. The Labute approximate surface area is 156 Å². The number of likely N-dealkylation sites (tertiary alicyclic amines) is 1. The van der Waals surface area contributed by atoms with Gasteiger partial charge in [-0.15, -0.1) is 24.0 Å². The zero-order valence-corrected chi connectivity index (χ0v) is 16.5. The number of nitrogens with two attached hydrogens (primary N) is 1. The van der Waals surface area contributed by atoms with E-state index >= 15 is 0 Å². The third kappa shape index (κ3) is 8.19. The predicted molar refractivity (Wildman–Crippen MR) is 103 cm³/mol. The van der Waals surface area contributed by atoms with Crippen LogP contribution in [0.1, 0.15) is 38.5 Å². The van der Waals surface area contributed by atoms with Gasteiger partial charge in [0.1, 0.15) is 0 Å². The fourth-order valence-corrected chi connectivity index (χ4v) is 2.95. The number of nitrogens with zero attached hydrogens (tertiary/aromatic N) is 2. The van der Waals surface area contributed by atoms with Crippen LogP contribution in [0.15, 0.2) is 4.99 Å². The smallest absolute Gasteiger partial charge is 0.217 e. The van der Waals surface area contributed by atoms with Crippen molar-refractivity contribution in [2.45, 2.75) is 38.5 Å². The summed E-state index contributed by atoms with van der Waals surface area (Å²) in [5, 5.41) is 3.40. The largest absolute Gasteiger partial charge is 0.381 e. The molecule has 2 rings (SSSR count). The Hall–Kier alpha value is -0.570. The van der Waals surface area contributed by atoms with Crippen molar-refractivity contribution in [1.29, 1.82) is 0 Å². The molecule has 0 aromatic rings. The molecule has 1 saturated heterocycles. The van der Waals surface area contributed by atoms with Gasteiger partial charge in [-0.3, -0.25) is 9.79 Å². The number of carbonyl (C=O) groups is 1. The van der Waals surface area contributed by atoms with Gasteiger partial charge in [0.2, 0.25) is 5.91 Å². The first kappa shape index (κ1) is 20.5. The number of halogens is 1. The first-order valence-corrected chi connectivity index (χ1v) is 8.50. The first-order chi connectivity index (χ1) is 10.7. The molecule has 6 nitrogen and oxygen atoms in total. The minimum absolute atomic E-state index is 0. The molecule has 1 aliphatic heterocycles. The molecular weight excluding hydrogens is 407 g/mol. The number of amides is 1. The van der Waals surface area contributed by atoms with Crippen LogP contribution >= 0.6 is 24.0 Å². The molecule has 0 bridgehead atoms. The lowest BCUT2D eigenvalue weighted by molar-refractivity contribution is -0.119. The topological polar surface area (TPSA) is 80.0 Å². The maximum atomic E-state index is 11.1. The number of ether oxygens (including phenoxy) is 1. The molecule has 1 heterocycles. The van der Waals surface area contributed by atoms with Gasteiger partial charge in [-0.05, 0) is 43.9 Å². The molecule has 1 aliphatic carbocycles. The number of rotatable bonds is 8. The van der Waals surface area contributed by atoms with Crippen LogP contribution < -0.4 is 11.1 Å². The SMILES string of the molecule is CN=C(NCCCOCC1CC1)N1CCCC(CC(N)=O)C1.I. The Kier molecular flexibility index (Phi) is 9.85. The van der Waals surface area contributed by atoms with E-state index in [1.54, 1.807) is 0 Å². The molecule has 134 valence electrons. The Bertz CT molecular complexity index is 388. The normalized spacial score (nSPS) is 21.7. The minimum atomic E-state index is -0.206. The molecule has 0 aromatic carbocycles. The number of aliphatic imine (C=N–C) groups is 1. The number of primary amides is 1. The molecule has 1 saturated carbocycles. The number of hydrogen-bond acceptors (Lipinski definition) is 3. The molecule has 23 heavy (non-hydrogen) atoms. The highest BCUT2D eigenvalue weighted by Crippen LogP contribution is 2.28. The highest BCUT2D eigenvalue weighted by Gasteiger charge is 2.23. The lowest BCUT2D eigenvalue weighted by atomic mass is 9.95. The molecule has 3 N–H and O–H groups in total. The van der Waals surface area contributed by atoms with Crippen LogP contribution in [0, 0.1) is 11.8 Å². The molecule has 1 unspecified atom stereocenters. The van der Waals surface area contributed by atoms with Crippen molar-refractivity contribution in [3.8, 4) is 0 Å². The maximum absolute atomic E-state index is 11.1. The summed E-state index contributed by atoms with van der Waals surface area (Å²) in [6, 6.07) is 0. The second kappa shape index (κ2) is 11.1. The van der Waals surface area contributed by atoms with Gasteiger partial charge in [0.15, 0.2) is 5.96 Å². The average Bonchev–Trinajstić information content (AvgIpc) is 3.30. The van der Waals surface area contributed by atoms with Crippen molar-refractivity contribution in [1.82, 2.24) is 10.2 Å². The van der Waals surface area contributed by atoms with Gasteiger partial charge in [-0.1, -0.05) is 0 Å². The van der Waals surface area contributed by atoms with Crippen molar-refractivity contribution in [3.05, 3.63) is 0 Å². The van der Waals surface area contributed by atoms with Crippen LogP contribution in [-0.2, 0) is 9.53 Å². The van der Waals surface area contributed by atoms with Crippen molar-refractivity contribution < 1.29 is 9.53 Å². The summed E-state index contributed by atoms with van der Waals surface area (Å²) in [6.07, 6.45) is 6.31. The van der Waals surface area contributed by atoms with E-state index in [-0.39, 0.29) is 29.9 Å². The van der Waals surface area contributed by atoms with Gasteiger partial charge in [0, 0.05) is 46.3 Å². The predicted octanol–water partition coefficient (Wildman–Crippen LogP) is 1.58. The van der Waals surface area contributed by atoms with Crippen LogP contribution in [0.25, 0.3) is 0 Å². The van der Waals surface area contributed by atoms with Crippen LogP contribution in [0.2, 0.25) is 0 Å². The monoisotopic (exact) mass is 438 g/mol. The van der Waals surface area contributed by atoms with Crippen molar-refractivity contribution in [2.24, 2.45) is 22.6 Å². The van der Waals surface area contributed by atoms with Gasteiger partial charge in [0.25, 0.3) is 0 Å². The van der Waals surface area contributed by atoms with Crippen molar-refractivity contribution >= 4 is 35.8 Å². The number of guanidine groups is 1. The number of piperidine rings is 1. The van der Waals surface area contributed by atoms with E-state index in [0.717, 1.165) is 64.0 Å². The summed E-state index contributed by atoms with van der Waals surface area (Å²) in [7, 11) is 1.81. The third-order valence-electron chi connectivity index (χ3n) is 4.32. The second-order valence-electron chi connectivity index (χ2n) is 6.47. The molecule has 0 spiro atoms. The van der Waals surface area contributed by atoms with E-state index < -0.39 is 0 Å². The molecule has 1 atom stereocenters. The van der Waals surface area contributed by atoms with Gasteiger partial charge < -0.3 is 20.7 Å². The van der Waals surface area contributed by atoms with E-state index in [4.69, 9.17) is 10.5 Å². The summed E-state index contributed by atoms with van der Waals surface area (Å²) >= 11 is 0. The first-order valence-electron chi connectivity index (χ1n) is 8.50. The lowest BCUT2D eigenvalue weighted by Crippen LogP contribution is -2.47. The van der Waals surface area contributed by atoms with E-state index in [1.807, 2.05) is 7.05 Å². The van der Waals surface area contributed by atoms with Gasteiger partial charge >= 0.3 is 0 Å². The lowest BCUT2D eigenvalue weighted by Gasteiger charge is -2.34. The average molecular weight is 438 g/mol. The third-order valence-corrected chi connectivity index (χ3v) is 4.32. The summed E-state index contributed by atoms with van der Waals surface area (Å²) in [4.78, 5) is 17.7. The minimum Gasteiger partial charge on any atom is -0.381 e. The molecule has 7 heteroatoms. The van der Waals surface area contributed by atoms with Crippen LogP contribution in [0.5, 0.6) is 0 Å². The van der Waals surface area contributed by atoms with Gasteiger partial charge in [0.05, 0.1) is 0 Å². The van der Waals surface area contributed by atoms with Crippen molar-refractivity contribution in [2.75, 3.05) is 39.9 Å². The van der Waals surface area contributed by atoms with Crippen LogP contribution in [0.3, 0.4) is 0 Å². The van der Waals surface area contributed by atoms with Gasteiger partial charge in [-0.25, -0.2) is 0 Å². The number of hydrogen-bond donors (Lipinski definition) is 2. The molecule has 2 aliphatic rings. The Morgan fingerprint density at radius 2 is 2.13 bits per heavy atom. The second-order valence-corrected chi connectivity index (χ2v) is 6.47. The summed E-state index contributed by atoms with van der Waals surface area (Å²) < 4.78 is 5.63. The Morgan fingerprint density at radius 3 is 2.78 bits per heavy atom. The highest BCUT2D eigenvalue weighted by molar-refractivity contribution is 14.0. The zero-order valence-electron chi connectivity index (χ0n) is 14.1. The Balaban J connectivity index is 0.00000264. The van der Waals surface area contributed by atoms with E-state index in [2.05, 4.69) is 15.2 Å². The summed E-state index contributed by atoms with van der Waals surface area (Å²) in [6.45, 7) is 4.46. The van der Waals surface area contributed by atoms with Gasteiger partial charge in [-0.2, -0.15) is 0 Å². The van der Waals surface area contributed by atoms with Crippen LogP contribution in [0.4, 0.5) is 0 Å². The fourth-order valence-electron chi connectivity index (χ4n) is 2.95. The van der Waals surface area contributed by atoms with Crippen molar-refractivity contribution in [3.63, 3.8) is 0 Å². The van der Waals surface area contributed by atoms with E-state index in [1.165, 1.54) is 12.8 Å². The molecule has 1 amide bonds. The number of carbonyl (C=O) groups excluding carboxylic acids is 1. The van der Waals surface area contributed by atoms with E-state index in [9.17, 15) is 4.79 Å². The molecular formula is C16H31IN4O2. The number of nitrogens with one attached hydrogen (secondary N) is 1. The standard InChI is InChI=1S/C16H30N4O2.HI/c1-18-16(19-7-3-9-22-12-13-5-6-13)20-8-2-4-14(11-20)10-15(17)21;/h13-14H,2-12H2,1H3,(H2,17,21)(H,18,19);1H. The zero-order chi connectivity index (χ0) is 15.8.